The van der Waals surface area contributed by atoms with E-state index in [1.165, 1.54) is 10.5 Å². The van der Waals surface area contributed by atoms with Gasteiger partial charge in [-0.1, -0.05) is 12.1 Å². The van der Waals surface area contributed by atoms with E-state index in [-0.39, 0.29) is 5.91 Å². The summed E-state index contributed by atoms with van der Waals surface area (Å²) in [6.07, 6.45) is 3.66. The molecule has 1 unspecified atom stereocenters. The van der Waals surface area contributed by atoms with Gasteiger partial charge < -0.3 is 10.6 Å². The highest BCUT2D eigenvalue weighted by Crippen LogP contribution is 2.15. The molecule has 0 aliphatic carbocycles. The Morgan fingerprint density at radius 3 is 2.76 bits per heavy atom. The molecule has 0 radical (unpaired) electrons. The third kappa shape index (κ3) is 3.75. The van der Waals surface area contributed by atoms with Crippen molar-refractivity contribution in [3.63, 3.8) is 0 Å². The summed E-state index contributed by atoms with van der Waals surface area (Å²) in [6, 6.07) is 9.00. The third-order valence-corrected chi connectivity index (χ3v) is 3.76. The monoisotopic (exact) mass is 250 g/mol. The highest BCUT2D eigenvalue weighted by Gasteiger charge is 2.16. The second kappa shape index (κ2) is 6.07. The van der Waals surface area contributed by atoms with E-state index in [1.807, 2.05) is 0 Å². The number of hydrogen-bond acceptors (Lipinski definition) is 3. The maximum atomic E-state index is 11.0. The molecule has 1 aromatic rings. The number of carbonyl (C=O) groups is 1. The van der Waals surface area contributed by atoms with E-state index < -0.39 is 0 Å². The van der Waals surface area contributed by atoms with Crippen LogP contribution in [0.1, 0.15) is 18.4 Å². The Morgan fingerprint density at radius 2 is 2.18 bits per heavy atom. The Kier molecular flexibility index (Phi) is 4.45. The van der Waals surface area contributed by atoms with Gasteiger partial charge in [-0.2, -0.15) is 0 Å². The smallest absolute Gasteiger partial charge is 0.220 e. The quantitative estimate of drug-likeness (QED) is 0.800. The molecular weight excluding hydrogens is 232 g/mol. The number of amides is 1. The maximum Gasteiger partial charge on any atom is 0.220 e. The fourth-order valence-electron chi connectivity index (χ4n) is 1.91. The minimum atomic E-state index is 0.173. The maximum absolute atomic E-state index is 11.0. The highest BCUT2D eigenvalue weighted by molar-refractivity contribution is 7.98. The Bertz CT molecular complexity index is 368. The largest absolute Gasteiger partial charge is 0.355 e. The molecule has 17 heavy (non-hydrogen) atoms. The van der Waals surface area contributed by atoms with Crippen molar-refractivity contribution in [2.75, 3.05) is 12.8 Å². The standard InChI is InChI=1S/C13H18N2OS/c1-17-12-5-2-10(3-6-12)8-14-11-4-7-13(16)15-9-11/h2-3,5-6,11,14H,4,7-9H2,1H3,(H,15,16). The second-order valence-electron chi connectivity index (χ2n) is 4.27. The lowest BCUT2D eigenvalue weighted by Crippen LogP contribution is -2.45. The number of benzene rings is 1. The van der Waals surface area contributed by atoms with Crippen LogP contribution < -0.4 is 10.6 Å². The summed E-state index contributed by atoms with van der Waals surface area (Å²) in [5, 5.41) is 6.36. The summed E-state index contributed by atoms with van der Waals surface area (Å²) in [6.45, 7) is 1.62. The van der Waals surface area contributed by atoms with Crippen molar-refractivity contribution < 1.29 is 4.79 Å². The van der Waals surface area contributed by atoms with Crippen LogP contribution in [0.4, 0.5) is 0 Å². The minimum absolute atomic E-state index is 0.173. The zero-order chi connectivity index (χ0) is 12.1. The van der Waals surface area contributed by atoms with E-state index >= 15 is 0 Å². The fourth-order valence-corrected chi connectivity index (χ4v) is 2.32. The number of piperidine rings is 1. The predicted molar refractivity (Wildman–Crippen MR) is 71.1 cm³/mol. The summed E-state index contributed by atoms with van der Waals surface area (Å²) in [5.74, 6) is 0.173. The number of rotatable bonds is 4. The summed E-state index contributed by atoms with van der Waals surface area (Å²) in [7, 11) is 0. The van der Waals surface area contributed by atoms with Gasteiger partial charge in [0.2, 0.25) is 5.91 Å². The molecule has 1 fully saturated rings. The van der Waals surface area contributed by atoms with Gasteiger partial charge in [-0.05, 0) is 30.4 Å². The van der Waals surface area contributed by atoms with E-state index in [1.54, 1.807) is 11.8 Å². The van der Waals surface area contributed by atoms with Gasteiger partial charge in [0.05, 0.1) is 0 Å². The van der Waals surface area contributed by atoms with Crippen LogP contribution >= 0.6 is 11.8 Å². The van der Waals surface area contributed by atoms with Crippen LogP contribution in [-0.2, 0) is 11.3 Å². The van der Waals surface area contributed by atoms with Gasteiger partial charge in [0, 0.05) is 30.4 Å². The Labute approximate surface area is 106 Å². The second-order valence-corrected chi connectivity index (χ2v) is 5.15. The van der Waals surface area contributed by atoms with E-state index in [2.05, 4.69) is 41.2 Å². The lowest BCUT2D eigenvalue weighted by molar-refractivity contribution is -0.122. The molecule has 3 nitrogen and oxygen atoms in total. The molecule has 0 bridgehead atoms. The molecule has 1 saturated heterocycles. The van der Waals surface area contributed by atoms with Crippen molar-refractivity contribution in [3.8, 4) is 0 Å². The normalized spacial score (nSPS) is 20.1. The predicted octanol–water partition coefficient (Wildman–Crippen LogP) is 1.78. The molecule has 1 aliphatic rings. The van der Waals surface area contributed by atoms with Crippen LogP contribution in [0.15, 0.2) is 29.2 Å². The van der Waals surface area contributed by atoms with Crippen molar-refractivity contribution in [2.24, 2.45) is 0 Å². The van der Waals surface area contributed by atoms with Gasteiger partial charge in [0.25, 0.3) is 0 Å². The number of hydrogen-bond donors (Lipinski definition) is 2. The number of thioether (sulfide) groups is 1. The molecule has 1 aromatic carbocycles. The molecule has 2 rings (SSSR count). The Morgan fingerprint density at radius 1 is 1.41 bits per heavy atom. The van der Waals surface area contributed by atoms with Crippen molar-refractivity contribution in [1.29, 1.82) is 0 Å². The zero-order valence-electron chi connectivity index (χ0n) is 10.0. The molecule has 0 aromatic heterocycles. The summed E-state index contributed by atoms with van der Waals surface area (Å²) >= 11 is 1.76. The lowest BCUT2D eigenvalue weighted by atomic mass is 10.1. The van der Waals surface area contributed by atoms with Gasteiger partial charge in [0.15, 0.2) is 0 Å². The average Bonchev–Trinajstić information content (AvgIpc) is 2.39. The first-order valence-electron chi connectivity index (χ1n) is 5.91. The van der Waals surface area contributed by atoms with Crippen LogP contribution in [0.2, 0.25) is 0 Å². The lowest BCUT2D eigenvalue weighted by Gasteiger charge is -2.23. The molecule has 1 amide bonds. The van der Waals surface area contributed by atoms with Crippen LogP contribution in [0.5, 0.6) is 0 Å². The molecule has 1 atom stereocenters. The SMILES string of the molecule is CSc1ccc(CNC2CCC(=O)NC2)cc1. The number of carbonyl (C=O) groups excluding carboxylic acids is 1. The first-order chi connectivity index (χ1) is 8.28. The van der Waals surface area contributed by atoms with Crippen molar-refractivity contribution in [2.45, 2.75) is 30.3 Å². The molecule has 2 N–H and O–H groups in total. The van der Waals surface area contributed by atoms with Crippen molar-refractivity contribution >= 4 is 17.7 Å². The van der Waals surface area contributed by atoms with Crippen molar-refractivity contribution in [3.05, 3.63) is 29.8 Å². The summed E-state index contributed by atoms with van der Waals surface area (Å²) in [4.78, 5) is 12.3. The number of nitrogens with one attached hydrogen (secondary N) is 2. The van der Waals surface area contributed by atoms with Crippen molar-refractivity contribution in [1.82, 2.24) is 10.6 Å². The van der Waals surface area contributed by atoms with E-state index in [4.69, 9.17) is 0 Å². The average molecular weight is 250 g/mol. The van der Waals surface area contributed by atoms with E-state index in [9.17, 15) is 4.79 Å². The zero-order valence-corrected chi connectivity index (χ0v) is 10.8. The first-order valence-corrected chi connectivity index (χ1v) is 7.13. The van der Waals surface area contributed by atoms with Crippen LogP contribution in [-0.4, -0.2) is 24.7 Å². The molecule has 0 spiro atoms. The Balaban J connectivity index is 1.79. The molecule has 1 heterocycles. The molecule has 4 heteroatoms. The molecular formula is C13H18N2OS. The van der Waals surface area contributed by atoms with E-state index in [0.717, 1.165) is 19.5 Å². The Hall–Kier alpha value is -1.00. The van der Waals surface area contributed by atoms with Gasteiger partial charge in [-0.25, -0.2) is 0 Å². The fraction of sp³-hybridized carbons (Fsp3) is 0.462. The van der Waals surface area contributed by atoms with Crippen LogP contribution in [0.3, 0.4) is 0 Å². The summed E-state index contributed by atoms with van der Waals surface area (Å²) in [5.41, 5.74) is 1.29. The van der Waals surface area contributed by atoms with Gasteiger partial charge >= 0.3 is 0 Å². The third-order valence-electron chi connectivity index (χ3n) is 3.02. The topological polar surface area (TPSA) is 41.1 Å². The van der Waals surface area contributed by atoms with Gasteiger partial charge in [-0.15, -0.1) is 11.8 Å². The van der Waals surface area contributed by atoms with Crippen LogP contribution in [0, 0.1) is 0 Å². The summed E-state index contributed by atoms with van der Waals surface area (Å²) < 4.78 is 0. The van der Waals surface area contributed by atoms with Gasteiger partial charge in [0.1, 0.15) is 0 Å². The first kappa shape index (κ1) is 12.5. The minimum Gasteiger partial charge on any atom is -0.355 e. The van der Waals surface area contributed by atoms with Crippen LogP contribution in [0.25, 0.3) is 0 Å². The molecule has 92 valence electrons. The van der Waals surface area contributed by atoms with Gasteiger partial charge in [-0.3, -0.25) is 4.79 Å². The molecule has 1 aliphatic heterocycles. The highest BCUT2D eigenvalue weighted by atomic mass is 32.2. The molecule has 0 saturated carbocycles. The van der Waals surface area contributed by atoms with E-state index in [0.29, 0.717) is 12.5 Å².